The number of carbonyl (C=O) groups excluding carboxylic acids is 1. The van der Waals surface area contributed by atoms with E-state index in [1.54, 1.807) is 23.6 Å². The Morgan fingerprint density at radius 2 is 2.16 bits per heavy atom. The molecule has 0 fully saturated rings. The predicted octanol–water partition coefficient (Wildman–Crippen LogP) is 2.52. The van der Waals surface area contributed by atoms with Crippen LogP contribution in [0.4, 0.5) is 0 Å². The summed E-state index contributed by atoms with van der Waals surface area (Å²) in [5.41, 5.74) is 1.16. The lowest BCUT2D eigenvalue weighted by molar-refractivity contribution is -0.121. The number of rotatable bonds is 7. The molecule has 32 heavy (non-hydrogen) atoms. The summed E-state index contributed by atoms with van der Waals surface area (Å²) in [7, 11) is 0. The normalized spacial score (nSPS) is 14.2. The first-order valence-corrected chi connectivity index (χ1v) is 11.6. The minimum absolute atomic E-state index is 0.140. The molecule has 4 aromatic heterocycles. The van der Waals surface area contributed by atoms with E-state index in [2.05, 4.69) is 16.5 Å². The van der Waals surface area contributed by atoms with E-state index >= 15 is 0 Å². The average Bonchev–Trinajstić information content (AvgIpc) is 3.53. The summed E-state index contributed by atoms with van der Waals surface area (Å²) < 4.78 is 9.74. The Bertz CT molecular complexity index is 1420. The third-order valence-corrected chi connectivity index (χ3v) is 6.62. The fraction of sp³-hybridized carbons (Fsp3) is 0.364. The molecule has 0 atom stereocenters. The van der Waals surface area contributed by atoms with Gasteiger partial charge in [0.2, 0.25) is 11.7 Å². The van der Waals surface area contributed by atoms with E-state index in [9.17, 15) is 14.4 Å². The summed E-state index contributed by atoms with van der Waals surface area (Å²) in [6.07, 6.45) is 9.24. The maximum absolute atomic E-state index is 13.1. The van der Waals surface area contributed by atoms with Crippen molar-refractivity contribution in [1.29, 1.82) is 0 Å². The number of hydrogen-bond donors (Lipinski definition) is 1. The predicted molar refractivity (Wildman–Crippen MR) is 121 cm³/mol. The second-order valence-electron chi connectivity index (χ2n) is 7.89. The molecule has 1 aliphatic carbocycles. The van der Waals surface area contributed by atoms with Crippen LogP contribution >= 0.6 is 11.3 Å². The molecule has 0 bridgehead atoms. The van der Waals surface area contributed by atoms with Gasteiger partial charge in [0, 0.05) is 6.54 Å². The highest BCUT2D eigenvalue weighted by Crippen LogP contribution is 2.20. The van der Waals surface area contributed by atoms with Gasteiger partial charge in [-0.3, -0.25) is 14.2 Å². The first kappa shape index (κ1) is 20.5. The average molecular weight is 454 g/mol. The van der Waals surface area contributed by atoms with Crippen molar-refractivity contribution in [1.82, 2.24) is 24.1 Å². The molecule has 1 N–H and O–H groups in total. The largest absolute Gasteiger partial charge is 0.467 e. The number of aromatic nitrogens is 4. The van der Waals surface area contributed by atoms with Crippen molar-refractivity contribution in [3.63, 3.8) is 0 Å². The first-order chi connectivity index (χ1) is 15.6. The van der Waals surface area contributed by atoms with Gasteiger partial charge in [-0.05, 0) is 55.7 Å². The number of furan rings is 1. The van der Waals surface area contributed by atoms with Gasteiger partial charge in [0.15, 0.2) is 0 Å². The molecule has 0 saturated heterocycles. The van der Waals surface area contributed by atoms with E-state index in [1.807, 2.05) is 0 Å². The Labute approximate surface area is 186 Å². The van der Waals surface area contributed by atoms with Crippen LogP contribution in [0, 0.1) is 0 Å². The molecule has 0 unspecified atom stereocenters. The molecule has 0 saturated carbocycles. The summed E-state index contributed by atoms with van der Waals surface area (Å²) in [5.74, 6) is 0.470. The third kappa shape index (κ3) is 3.81. The highest BCUT2D eigenvalue weighted by atomic mass is 32.1. The number of allylic oxidation sites excluding steroid dienone is 1. The van der Waals surface area contributed by atoms with Crippen LogP contribution < -0.4 is 16.6 Å². The molecular weight excluding hydrogens is 430 g/mol. The number of hydrogen-bond acceptors (Lipinski definition) is 6. The van der Waals surface area contributed by atoms with E-state index in [1.165, 1.54) is 45.0 Å². The van der Waals surface area contributed by atoms with Gasteiger partial charge in [-0.2, -0.15) is 0 Å². The Hall–Kier alpha value is -3.40. The van der Waals surface area contributed by atoms with Gasteiger partial charge in [0.05, 0.1) is 18.3 Å². The van der Waals surface area contributed by atoms with E-state index in [0.29, 0.717) is 22.5 Å². The highest BCUT2D eigenvalue weighted by molar-refractivity contribution is 7.17. The zero-order chi connectivity index (χ0) is 22.1. The van der Waals surface area contributed by atoms with Crippen molar-refractivity contribution in [2.75, 3.05) is 6.54 Å². The smallest absolute Gasteiger partial charge is 0.352 e. The third-order valence-electron chi connectivity index (χ3n) is 5.73. The fourth-order valence-electron chi connectivity index (χ4n) is 4.12. The van der Waals surface area contributed by atoms with Crippen LogP contribution in [-0.4, -0.2) is 31.2 Å². The Morgan fingerprint density at radius 3 is 2.94 bits per heavy atom. The lowest BCUT2D eigenvalue weighted by Crippen LogP contribution is -2.33. The second kappa shape index (κ2) is 8.62. The van der Waals surface area contributed by atoms with Gasteiger partial charge < -0.3 is 9.73 Å². The maximum atomic E-state index is 13.1. The van der Waals surface area contributed by atoms with Gasteiger partial charge in [-0.15, -0.1) is 16.4 Å². The van der Waals surface area contributed by atoms with Crippen molar-refractivity contribution >= 4 is 33.2 Å². The molecule has 0 aromatic carbocycles. The summed E-state index contributed by atoms with van der Waals surface area (Å²) in [5, 5.41) is 8.98. The van der Waals surface area contributed by atoms with Crippen molar-refractivity contribution in [2.24, 2.45) is 0 Å². The van der Waals surface area contributed by atoms with E-state index < -0.39 is 5.69 Å². The molecule has 1 amide bonds. The lowest BCUT2D eigenvalue weighted by Gasteiger charge is -2.12. The molecular formula is C22H23N5O4S. The van der Waals surface area contributed by atoms with E-state index in [-0.39, 0.29) is 30.3 Å². The van der Waals surface area contributed by atoms with Gasteiger partial charge in [-0.1, -0.05) is 11.6 Å². The SMILES string of the molecule is O=C(Cn1nc2n(Cc3ccco3)c(=O)c3sccc3n2c1=O)NCCC1=CCCCC1. The Kier molecular flexibility index (Phi) is 5.52. The summed E-state index contributed by atoms with van der Waals surface area (Å²) >= 11 is 1.27. The maximum Gasteiger partial charge on any atom is 0.352 e. The van der Waals surface area contributed by atoms with Gasteiger partial charge in [0.25, 0.3) is 5.56 Å². The minimum Gasteiger partial charge on any atom is -0.467 e. The summed E-state index contributed by atoms with van der Waals surface area (Å²) in [4.78, 5) is 38.6. The second-order valence-corrected chi connectivity index (χ2v) is 8.81. The number of carbonyl (C=O) groups is 1. The molecule has 5 rings (SSSR count). The van der Waals surface area contributed by atoms with Gasteiger partial charge in [-0.25, -0.2) is 13.9 Å². The van der Waals surface area contributed by atoms with Crippen LogP contribution in [0.15, 0.2) is 55.5 Å². The monoisotopic (exact) mass is 453 g/mol. The van der Waals surface area contributed by atoms with Crippen LogP contribution in [0.3, 0.4) is 0 Å². The number of nitrogens with zero attached hydrogens (tertiary/aromatic N) is 4. The quantitative estimate of drug-likeness (QED) is 0.433. The van der Waals surface area contributed by atoms with Crippen LogP contribution in [0.5, 0.6) is 0 Å². The van der Waals surface area contributed by atoms with Crippen molar-refractivity contribution in [3.8, 4) is 0 Å². The molecule has 166 valence electrons. The van der Waals surface area contributed by atoms with Crippen LogP contribution in [0.1, 0.15) is 37.9 Å². The molecule has 0 radical (unpaired) electrons. The lowest BCUT2D eigenvalue weighted by atomic mass is 9.97. The molecule has 1 aliphatic rings. The number of thiophene rings is 1. The standard InChI is InChI=1S/C22H23N5O4S/c28-18(23-10-8-15-5-2-1-3-6-15)14-26-22(30)27-17-9-12-32-19(17)20(29)25(21(27)24-26)13-16-7-4-11-31-16/h4-5,7,9,11-12H,1-3,6,8,10,13-14H2,(H,23,28). The Balaban J connectivity index is 1.43. The first-order valence-electron chi connectivity index (χ1n) is 10.7. The van der Waals surface area contributed by atoms with Crippen molar-refractivity contribution in [2.45, 2.75) is 45.2 Å². The van der Waals surface area contributed by atoms with E-state index in [4.69, 9.17) is 4.42 Å². The van der Waals surface area contributed by atoms with Crippen molar-refractivity contribution < 1.29 is 9.21 Å². The highest BCUT2D eigenvalue weighted by Gasteiger charge is 2.20. The number of nitrogens with one attached hydrogen (secondary N) is 1. The topological polar surface area (TPSA) is 104 Å². The Morgan fingerprint density at radius 1 is 1.25 bits per heavy atom. The minimum atomic E-state index is -0.457. The summed E-state index contributed by atoms with van der Waals surface area (Å²) in [6.45, 7) is 0.464. The van der Waals surface area contributed by atoms with Gasteiger partial charge >= 0.3 is 5.69 Å². The number of amides is 1. The fourth-order valence-corrected chi connectivity index (χ4v) is 4.95. The van der Waals surface area contributed by atoms with Crippen molar-refractivity contribution in [3.05, 3.63) is 68.1 Å². The molecule has 9 nitrogen and oxygen atoms in total. The molecule has 4 heterocycles. The summed E-state index contributed by atoms with van der Waals surface area (Å²) in [6, 6.07) is 5.21. The molecule has 4 aromatic rings. The zero-order valence-corrected chi connectivity index (χ0v) is 18.3. The zero-order valence-electron chi connectivity index (χ0n) is 17.5. The molecule has 10 heteroatoms. The van der Waals surface area contributed by atoms with E-state index in [0.717, 1.165) is 23.9 Å². The number of fused-ring (bicyclic) bond motifs is 3. The molecule has 0 spiro atoms. The van der Waals surface area contributed by atoms with Gasteiger partial charge in [0.1, 0.15) is 17.0 Å². The van der Waals surface area contributed by atoms with Crippen LogP contribution in [-0.2, 0) is 17.9 Å². The van der Waals surface area contributed by atoms with Crippen LogP contribution in [0.25, 0.3) is 16.0 Å². The molecule has 0 aliphatic heterocycles. The van der Waals surface area contributed by atoms with Crippen LogP contribution in [0.2, 0.25) is 0 Å².